The summed E-state index contributed by atoms with van der Waals surface area (Å²) in [5, 5.41) is 9.32. The van der Waals surface area contributed by atoms with Gasteiger partial charge in [0.05, 0.1) is 6.61 Å². The summed E-state index contributed by atoms with van der Waals surface area (Å²) in [6.07, 6.45) is -5.01. The Morgan fingerprint density at radius 3 is 1.92 bits per heavy atom. The molecule has 0 bridgehead atoms. The second-order valence-electron chi connectivity index (χ2n) is 7.81. The number of hydrogen-bond donors (Lipinski definition) is 1. The monoisotopic (exact) mass is 392 g/mol. The van der Waals surface area contributed by atoms with Gasteiger partial charge in [-0.2, -0.15) is 22.0 Å². The van der Waals surface area contributed by atoms with E-state index < -0.39 is 47.1 Å². The van der Waals surface area contributed by atoms with Crippen LogP contribution in [-0.4, -0.2) is 46.8 Å². The Kier molecular flexibility index (Phi) is 5.35. The molecule has 1 rings (SSSR count). The van der Waals surface area contributed by atoms with E-state index in [0.717, 1.165) is 6.08 Å². The maximum Gasteiger partial charge on any atom is 0.449 e. The van der Waals surface area contributed by atoms with Crippen molar-refractivity contribution in [2.45, 2.75) is 70.7 Å². The van der Waals surface area contributed by atoms with E-state index in [9.17, 15) is 31.9 Å². The molecule has 4 nitrogen and oxygen atoms in total. The number of allylic oxidation sites excluding steroid dienone is 1. The quantitative estimate of drug-likeness (QED) is 0.449. The predicted molar refractivity (Wildman–Crippen MR) is 79.1 cm³/mol. The third-order valence-electron chi connectivity index (χ3n) is 4.22. The zero-order valence-electron chi connectivity index (χ0n) is 15.2. The van der Waals surface area contributed by atoms with E-state index >= 15 is 4.39 Å². The average Bonchev–Trinajstić information content (AvgIpc) is 2.57. The lowest BCUT2D eigenvalue weighted by Crippen LogP contribution is -2.64. The van der Waals surface area contributed by atoms with Crippen molar-refractivity contribution in [3.8, 4) is 0 Å². The van der Waals surface area contributed by atoms with Gasteiger partial charge in [0.1, 0.15) is 0 Å². The first kappa shape index (κ1) is 22.8. The van der Waals surface area contributed by atoms with Crippen molar-refractivity contribution in [1.82, 2.24) is 0 Å². The van der Waals surface area contributed by atoms with Crippen LogP contribution in [0.3, 0.4) is 0 Å². The zero-order chi connectivity index (χ0) is 21.0. The second kappa shape index (κ2) is 6.12. The van der Waals surface area contributed by atoms with Gasteiger partial charge in [-0.3, -0.25) is 0 Å². The van der Waals surface area contributed by atoms with Crippen molar-refractivity contribution in [3.05, 3.63) is 11.6 Å². The van der Waals surface area contributed by atoms with E-state index in [-0.39, 0.29) is 0 Å². The highest BCUT2D eigenvalue weighted by molar-refractivity contribution is 5.83. The number of halogens is 6. The number of carbonyl (C=O) groups is 1. The summed E-state index contributed by atoms with van der Waals surface area (Å²) >= 11 is 0. The summed E-state index contributed by atoms with van der Waals surface area (Å²) in [4.78, 5) is 12.4. The molecule has 1 aliphatic heterocycles. The fraction of sp³-hybridized carbons (Fsp3) is 0.812. The number of carbonyl (C=O) groups excluding carboxylic acids is 1. The van der Waals surface area contributed by atoms with Crippen molar-refractivity contribution in [1.29, 1.82) is 0 Å². The highest BCUT2D eigenvalue weighted by atomic mass is 19.4. The van der Waals surface area contributed by atoms with Gasteiger partial charge in [-0.25, -0.2) is 9.18 Å². The van der Waals surface area contributed by atoms with Gasteiger partial charge in [-0.1, -0.05) is 26.3 Å². The fourth-order valence-corrected chi connectivity index (χ4v) is 2.39. The molecular formula is C16H22F6O4. The molecule has 0 aromatic carbocycles. The molecule has 0 aromatic rings. The summed E-state index contributed by atoms with van der Waals surface area (Å²) < 4.78 is 90.9. The van der Waals surface area contributed by atoms with Crippen molar-refractivity contribution >= 4 is 5.97 Å². The molecule has 0 saturated carbocycles. The molecule has 3 atom stereocenters. The molecule has 1 saturated heterocycles. The number of alkyl halides is 6. The molecular weight excluding hydrogens is 370 g/mol. The molecule has 1 N–H and O–H groups in total. The molecule has 1 heterocycles. The minimum Gasteiger partial charge on any atom is -0.448 e. The minimum absolute atomic E-state index is 0.325. The van der Waals surface area contributed by atoms with Crippen LogP contribution < -0.4 is 0 Å². The van der Waals surface area contributed by atoms with E-state index in [4.69, 9.17) is 0 Å². The van der Waals surface area contributed by atoms with Crippen molar-refractivity contribution in [3.63, 3.8) is 0 Å². The molecule has 1 fully saturated rings. The van der Waals surface area contributed by atoms with Crippen LogP contribution in [0.15, 0.2) is 11.6 Å². The summed E-state index contributed by atoms with van der Waals surface area (Å²) in [7, 11) is 0. The topological polar surface area (TPSA) is 55.8 Å². The Hall–Kier alpha value is -1.29. The van der Waals surface area contributed by atoms with Gasteiger partial charge in [0.25, 0.3) is 0 Å². The van der Waals surface area contributed by atoms with E-state index in [1.54, 1.807) is 0 Å². The van der Waals surface area contributed by atoms with Crippen molar-refractivity contribution < 1.29 is 45.7 Å². The fourth-order valence-electron chi connectivity index (χ4n) is 2.39. The van der Waals surface area contributed by atoms with E-state index in [1.165, 1.54) is 34.6 Å². The molecule has 0 aromatic heterocycles. The van der Waals surface area contributed by atoms with Crippen LogP contribution in [0.1, 0.15) is 41.5 Å². The Labute approximate surface area is 147 Å². The smallest absolute Gasteiger partial charge is 0.448 e. The highest BCUT2D eigenvalue weighted by Crippen LogP contribution is 2.55. The van der Waals surface area contributed by atoms with E-state index in [2.05, 4.69) is 9.47 Å². The number of aliphatic hydroxyl groups is 1. The molecule has 0 radical (unpaired) electrons. The van der Waals surface area contributed by atoms with Gasteiger partial charge in [0.15, 0.2) is 0 Å². The third-order valence-corrected chi connectivity index (χ3v) is 4.22. The maximum atomic E-state index is 15.3. The first-order valence-electron chi connectivity index (χ1n) is 7.64. The highest BCUT2D eigenvalue weighted by Gasteiger charge is 2.83. The van der Waals surface area contributed by atoms with Crippen LogP contribution in [0, 0.1) is 5.41 Å². The Morgan fingerprint density at radius 1 is 1.15 bits per heavy atom. The van der Waals surface area contributed by atoms with Gasteiger partial charge < -0.3 is 14.6 Å². The zero-order valence-corrected chi connectivity index (χ0v) is 15.2. The molecule has 10 heteroatoms. The number of hydrogen-bond acceptors (Lipinski definition) is 4. The molecule has 152 valence electrons. The summed E-state index contributed by atoms with van der Waals surface area (Å²) in [6.45, 7) is 5.76. The minimum atomic E-state index is -5.86. The average molecular weight is 392 g/mol. The lowest BCUT2D eigenvalue weighted by atomic mass is 9.76. The lowest BCUT2D eigenvalue weighted by Gasteiger charge is -2.39. The number of esters is 1. The van der Waals surface area contributed by atoms with Crippen LogP contribution >= 0.6 is 0 Å². The Bertz CT molecular complexity index is 605. The predicted octanol–water partition coefficient (Wildman–Crippen LogP) is 3.93. The SMILES string of the molecule is CC(C)=CC(F)(C(=O)OC1(C)COC(O)(C(F)(F)F)C1(F)F)C(C)(C)C. The summed E-state index contributed by atoms with van der Waals surface area (Å²) in [5.74, 6) is -11.7. The Morgan fingerprint density at radius 2 is 1.62 bits per heavy atom. The van der Waals surface area contributed by atoms with Crippen LogP contribution in [0.5, 0.6) is 0 Å². The molecule has 3 unspecified atom stereocenters. The summed E-state index contributed by atoms with van der Waals surface area (Å²) in [6, 6.07) is 0. The van der Waals surface area contributed by atoms with Gasteiger partial charge >= 0.3 is 23.9 Å². The van der Waals surface area contributed by atoms with E-state index in [0.29, 0.717) is 12.5 Å². The third kappa shape index (κ3) is 3.21. The maximum absolute atomic E-state index is 15.3. The lowest BCUT2D eigenvalue weighted by molar-refractivity contribution is -0.409. The van der Waals surface area contributed by atoms with Crippen molar-refractivity contribution in [2.24, 2.45) is 5.41 Å². The van der Waals surface area contributed by atoms with Crippen LogP contribution in [0.4, 0.5) is 26.3 Å². The standard InChI is InChI=1S/C16H22F6O4/c1-9(2)7-13(17,11(3,4)5)10(23)26-12(6)8-25-15(24,14(12,18)19)16(20,21)22/h7,24H,8H2,1-6H3. The van der Waals surface area contributed by atoms with Gasteiger partial charge in [-0.15, -0.1) is 0 Å². The molecule has 0 aliphatic carbocycles. The number of rotatable bonds is 3. The van der Waals surface area contributed by atoms with Crippen LogP contribution in [0.25, 0.3) is 0 Å². The second-order valence-corrected chi connectivity index (χ2v) is 7.81. The van der Waals surface area contributed by atoms with E-state index in [1.807, 2.05) is 0 Å². The molecule has 26 heavy (non-hydrogen) atoms. The largest absolute Gasteiger partial charge is 0.449 e. The molecule has 0 spiro atoms. The summed E-state index contributed by atoms with van der Waals surface area (Å²) in [5.41, 5.74) is -7.26. The Balaban J connectivity index is 3.33. The molecule has 1 aliphatic rings. The molecule has 0 amide bonds. The first-order chi connectivity index (χ1) is 11.3. The van der Waals surface area contributed by atoms with Gasteiger partial charge in [-0.05, 0) is 26.8 Å². The normalized spacial score (nSPS) is 31.3. The first-order valence-corrected chi connectivity index (χ1v) is 7.64. The number of ether oxygens (including phenoxy) is 2. The van der Waals surface area contributed by atoms with Crippen molar-refractivity contribution in [2.75, 3.05) is 6.61 Å². The van der Waals surface area contributed by atoms with Crippen LogP contribution in [0.2, 0.25) is 0 Å². The van der Waals surface area contributed by atoms with Gasteiger partial charge in [0, 0.05) is 5.41 Å². The van der Waals surface area contributed by atoms with Gasteiger partial charge in [0.2, 0.25) is 11.3 Å². The van der Waals surface area contributed by atoms with Crippen LogP contribution in [-0.2, 0) is 14.3 Å².